The van der Waals surface area contributed by atoms with Gasteiger partial charge in [-0.2, -0.15) is 0 Å². The maximum Gasteiger partial charge on any atom is 0.270 e. The lowest BCUT2D eigenvalue weighted by molar-refractivity contribution is -0.384. The normalized spacial score (nSPS) is 10.4. The molecule has 1 amide bonds. The minimum absolute atomic E-state index is 0.128. The molecular weight excluding hydrogens is 365 g/mol. The molecule has 2 rings (SSSR count). The van der Waals surface area contributed by atoms with Gasteiger partial charge in [0, 0.05) is 48.5 Å². The van der Waals surface area contributed by atoms with Crippen molar-refractivity contribution in [2.24, 2.45) is 0 Å². The third-order valence-corrected chi connectivity index (χ3v) is 4.20. The Bertz CT molecular complexity index is 810. The largest absolute Gasteiger partial charge is 0.377 e. The molecule has 25 heavy (non-hydrogen) atoms. The summed E-state index contributed by atoms with van der Waals surface area (Å²) < 4.78 is 0. The summed E-state index contributed by atoms with van der Waals surface area (Å²) in [5.74, 6) is -0.377. The van der Waals surface area contributed by atoms with E-state index in [-0.39, 0.29) is 17.2 Å². The number of carbonyl (C=O) groups is 1. The maximum absolute atomic E-state index is 12.5. The van der Waals surface area contributed by atoms with Crippen LogP contribution in [0.15, 0.2) is 36.4 Å². The van der Waals surface area contributed by atoms with Crippen molar-refractivity contribution in [3.8, 4) is 0 Å². The molecule has 0 saturated heterocycles. The second kappa shape index (κ2) is 8.18. The second-order valence-corrected chi connectivity index (χ2v) is 6.44. The molecule has 2 aromatic carbocycles. The van der Waals surface area contributed by atoms with Crippen LogP contribution in [-0.4, -0.2) is 31.5 Å². The van der Waals surface area contributed by atoms with Gasteiger partial charge in [0.2, 0.25) is 0 Å². The molecule has 0 atom stereocenters. The number of nitrogens with one attached hydrogen (secondary N) is 1. The van der Waals surface area contributed by atoms with Crippen LogP contribution in [0.3, 0.4) is 0 Å². The van der Waals surface area contributed by atoms with Crippen LogP contribution >= 0.6 is 23.2 Å². The number of amides is 1. The van der Waals surface area contributed by atoms with Gasteiger partial charge in [-0.15, -0.1) is 0 Å². The highest BCUT2D eigenvalue weighted by atomic mass is 35.5. The first-order valence-corrected chi connectivity index (χ1v) is 8.23. The number of rotatable bonds is 6. The van der Waals surface area contributed by atoms with Gasteiger partial charge in [-0.1, -0.05) is 29.3 Å². The zero-order valence-corrected chi connectivity index (χ0v) is 15.3. The molecule has 6 nitrogen and oxygen atoms in total. The molecule has 0 spiro atoms. The number of benzene rings is 2. The zero-order chi connectivity index (χ0) is 18.6. The Kier molecular flexibility index (Phi) is 6.22. The van der Waals surface area contributed by atoms with E-state index in [1.165, 1.54) is 12.1 Å². The third-order valence-electron chi connectivity index (χ3n) is 3.61. The van der Waals surface area contributed by atoms with Crippen LogP contribution in [0.25, 0.3) is 0 Å². The highest BCUT2D eigenvalue weighted by Crippen LogP contribution is 2.24. The van der Waals surface area contributed by atoms with Crippen LogP contribution in [-0.2, 0) is 6.42 Å². The molecule has 0 unspecified atom stereocenters. The number of carbonyl (C=O) groups excluding carboxylic acids is 1. The summed E-state index contributed by atoms with van der Waals surface area (Å²) >= 11 is 12.0. The van der Waals surface area contributed by atoms with Crippen LogP contribution in [0.2, 0.25) is 10.0 Å². The number of nitro groups is 1. The van der Waals surface area contributed by atoms with E-state index >= 15 is 0 Å². The zero-order valence-electron chi connectivity index (χ0n) is 13.8. The van der Waals surface area contributed by atoms with Gasteiger partial charge in [-0.05, 0) is 30.2 Å². The fourth-order valence-corrected chi connectivity index (χ4v) is 2.84. The van der Waals surface area contributed by atoms with E-state index in [1.54, 1.807) is 43.3 Å². The smallest absolute Gasteiger partial charge is 0.270 e. The Balaban J connectivity index is 2.11. The van der Waals surface area contributed by atoms with Crippen molar-refractivity contribution in [2.75, 3.05) is 25.5 Å². The first-order valence-electron chi connectivity index (χ1n) is 7.47. The fourth-order valence-electron chi connectivity index (χ4n) is 2.34. The summed E-state index contributed by atoms with van der Waals surface area (Å²) in [6.45, 7) is 0.343. The first kappa shape index (κ1) is 19.0. The summed E-state index contributed by atoms with van der Waals surface area (Å²) in [4.78, 5) is 24.6. The van der Waals surface area contributed by atoms with Crippen molar-refractivity contribution in [1.29, 1.82) is 0 Å². The van der Waals surface area contributed by atoms with Crippen LogP contribution in [0.5, 0.6) is 0 Å². The lowest BCUT2D eigenvalue weighted by Crippen LogP contribution is -2.27. The topological polar surface area (TPSA) is 75.5 Å². The highest BCUT2D eigenvalue weighted by Gasteiger charge is 2.17. The monoisotopic (exact) mass is 381 g/mol. The van der Waals surface area contributed by atoms with Crippen molar-refractivity contribution in [3.63, 3.8) is 0 Å². The SMILES string of the molecule is CN(C)c1ccc([N+](=O)[O-])cc1C(=O)NCCc1ccc(Cl)cc1Cl. The van der Waals surface area contributed by atoms with Gasteiger partial charge in [0.15, 0.2) is 0 Å². The van der Waals surface area contributed by atoms with Gasteiger partial charge < -0.3 is 10.2 Å². The summed E-state index contributed by atoms with van der Waals surface area (Å²) in [6, 6.07) is 9.39. The summed E-state index contributed by atoms with van der Waals surface area (Å²) in [7, 11) is 3.54. The van der Waals surface area contributed by atoms with E-state index < -0.39 is 4.92 Å². The molecule has 0 radical (unpaired) electrons. The van der Waals surface area contributed by atoms with Crippen LogP contribution in [0.4, 0.5) is 11.4 Å². The number of nitro benzene ring substituents is 1. The molecule has 132 valence electrons. The van der Waals surface area contributed by atoms with Crippen LogP contribution < -0.4 is 10.2 Å². The molecule has 2 aromatic rings. The maximum atomic E-state index is 12.5. The van der Waals surface area contributed by atoms with Crippen molar-refractivity contribution in [1.82, 2.24) is 5.32 Å². The lowest BCUT2D eigenvalue weighted by Gasteiger charge is -2.17. The van der Waals surface area contributed by atoms with Gasteiger partial charge in [0.1, 0.15) is 0 Å². The van der Waals surface area contributed by atoms with Gasteiger partial charge in [0.25, 0.3) is 11.6 Å². The number of halogens is 2. The van der Waals surface area contributed by atoms with Crippen LogP contribution in [0.1, 0.15) is 15.9 Å². The first-order chi connectivity index (χ1) is 11.8. The quantitative estimate of drug-likeness (QED) is 0.607. The summed E-state index contributed by atoms with van der Waals surface area (Å²) in [5.41, 5.74) is 1.59. The van der Waals surface area contributed by atoms with Gasteiger partial charge in [0.05, 0.1) is 10.5 Å². The second-order valence-electron chi connectivity index (χ2n) is 5.59. The molecule has 0 aliphatic carbocycles. The number of hydrogen-bond acceptors (Lipinski definition) is 4. The molecule has 8 heteroatoms. The average molecular weight is 382 g/mol. The fraction of sp³-hybridized carbons (Fsp3) is 0.235. The number of non-ortho nitro benzene ring substituents is 1. The molecule has 1 N–H and O–H groups in total. The van der Waals surface area contributed by atoms with Gasteiger partial charge in [-0.3, -0.25) is 14.9 Å². The molecule has 0 saturated carbocycles. The molecule has 0 bridgehead atoms. The lowest BCUT2D eigenvalue weighted by atomic mass is 10.1. The van der Waals surface area contributed by atoms with Crippen molar-refractivity contribution < 1.29 is 9.72 Å². The Morgan fingerprint density at radius 1 is 1.20 bits per heavy atom. The molecule has 0 heterocycles. The number of anilines is 1. The Morgan fingerprint density at radius 3 is 2.52 bits per heavy atom. The molecular formula is C17H17Cl2N3O3. The van der Waals surface area contributed by atoms with Gasteiger partial charge in [-0.25, -0.2) is 0 Å². The summed E-state index contributed by atoms with van der Waals surface area (Å²) in [5, 5.41) is 14.8. The van der Waals surface area contributed by atoms with E-state index in [0.717, 1.165) is 5.56 Å². The Labute approximate surface area is 155 Å². The van der Waals surface area contributed by atoms with Crippen LogP contribution in [0, 0.1) is 10.1 Å². The number of hydrogen-bond donors (Lipinski definition) is 1. The predicted molar refractivity (Wildman–Crippen MR) is 99.9 cm³/mol. The summed E-state index contributed by atoms with van der Waals surface area (Å²) in [6.07, 6.45) is 0.522. The Hall–Kier alpha value is -2.31. The third kappa shape index (κ3) is 4.84. The van der Waals surface area contributed by atoms with E-state index in [4.69, 9.17) is 23.2 Å². The average Bonchev–Trinajstić information content (AvgIpc) is 2.56. The Morgan fingerprint density at radius 2 is 1.92 bits per heavy atom. The molecule has 0 aliphatic heterocycles. The van der Waals surface area contributed by atoms with E-state index in [0.29, 0.717) is 28.7 Å². The predicted octanol–water partition coefficient (Wildman–Crippen LogP) is 3.94. The van der Waals surface area contributed by atoms with E-state index in [9.17, 15) is 14.9 Å². The minimum Gasteiger partial charge on any atom is -0.377 e. The minimum atomic E-state index is -0.524. The molecule has 0 aromatic heterocycles. The van der Waals surface area contributed by atoms with Crippen molar-refractivity contribution in [3.05, 3.63) is 67.7 Å². The highest BCUT2D eigenvalue weighted by molar-refractivity contribution is 6.35. The van der Waals surface area contributed by atoms with E-state index in [1.807, 2.05) is 0 Å². The van der Waals surface area contributed by atoms with Crippen molar-refractivity contribution in [2.45, 2.75) is 6.42 Å². The number of nitrogens with zero attached hydrogens (tertiary/aromatic N) is 2. The van der Waals surface area contributed by atoms with Gasteiger partial charge >= 0.3 is 0 Å². The van der Waals surface area contributed by atoms with Crippen molar-refractivity contribution >= 4 is 40.5 Å². The standard InChI is InChI=1S/C17H17Cl2N3O3/c1-21(2)16-6-5-13(22(24)25)10-14(16)17(23)20-8-7-11-3-4-12(18)9-15(11)19/h3-6,9-10H,7-8H2,1-2H3,(H,20,23). The van der Waals surface area contributed by atoms with E-state index in [2.05, 4.69) is 5.32 Å². The molecule has 0 aliphatic rings. The molecule has 0 fully saturated rings.